The van der Waals surface area contributed by atoms with Crippen molar-refractivity contribution in [3.05, 3.63) is 33.4 Å². The van der Waals surface area contributed by atoms with Crippen LogP contribution in [0, 0.1) is 10.1 Å². The van der Waals surface area contributed by atoms with Gasteiger partial charge in [0, 0.05) is 18.1 Å². The van der Waals surface area contributed by atoms with Crippen molar-refractivity contribution in [1.29, 1.82) is 0 Å². The van der Waals surface area contributed by atoms with Gasteiger partial charge in [-0.25, -0.2) is 4.79 Å². The van der Waals surface area contributed by atoms with Gasteiger partial charge >= 0.3 is 11.7 Å². The predicted molar refractivity (Wildman–Crippen MR) is 53.8 cm³/mol. The van der Waals surface area contributed by atoms with Crippen molar-refractivity contribution in [2.45, 2.75) is 19.4 Å². The lowest BCUT2D eigenvalue weighted by atomic mass is 10.0. The van der Waals surface area contributed by atoms with Gasteiger partial charge in [0.15, 0.2) is 0 Å². The number of nitro benzene ring substituents is 1. The summed E-state index contributed by atoms with van der Waals surface area (Å²) in [7, 11) is 0. The molecule has 1 heterocycles. The second-order valence-corrected chi connectivity index (χ2v) is 3.63. The zero-order chi connectivity index (χ0) is 11.9. The molecule has 1 aliphatic heterocycles. The van der Waals surface area contributed by atoms with Crippen LogP contribution in [0.3, 0.4) is 0 Å². The van der Waals surface area contributed by atoms with Gasteiger partial charge in [0.05, 0.1) is 10.5 Å². The maximum Gasteiger partial charge on any atom is 0.336 e. The molecule has 0 saturated carbocycles. The molecule has 84 valence electrons. The number of benzene rings is 1. The molecule has 0 aromatic heterocycles. The quantitative estimate of drug-likeness (QED) is 0.607. The Balaban J connectivity index is 2.63. The van der Waals surface area contributed by atoms with Crippen molar-refractivity contribution < 1.29 is 19.6 Å². The molecule has 16 heavy (non-hydrogen) atoms. The van der Waals surface area contributed by atoms with Gasteiger partial charge in [0.25, 0.3) is 0 Å². The summed E-state index contributed by atoms with van der Waals surface area (Å²) in [6.45, 7) is 1.75. The number of carboxylic acids is 1. The van der Waals surface area contributed by atoms with E-state index in [1.807, 2.05) is 0 Å². The number of aromatic carboxylic acids is 1. The van der Waals surface area contributed by atoms with E-state index in [0.29, 0.717) is 12.0 Å². The average molecular weight is 223 g/mol. The molecule has 0 amide bonds. The molecule has 1 aliphatic rings. The van der Waals surface area contributed by atoms with Crippen LogP contribution in [0.15, 0.2) is 12.1 Å². The molecule has 1 aromatic carbocycles. The van der Waals surface area contributed by atoms with E-state index in [4.69, 9.17) is 9.84 Å². The number of nitro groups is 1. The van der Waals surface area contributed by atoms with Gasteiger partial charge in [-0.3, -0.25) is 10.1 Å². The molecule has 2 rings (SSSR count). The number of hydrogen-bond donors (Lipinski definition) is 1. The van der Waals surface area contributed by atoms with Crippen molar-refractivity contribution in [1.82, 2.24) is 0 Å². The van der Waals surface area contributed by atoms with Crippen molar-refractivity contribution in [3.63, 3.8) is 0 Å². The van der Waals surface area contributed by atoms with E-state index in [0.717, 1.165) is 0 Å². The molecule has 1 unspecified atom stereocenters. The Bertz CT molecular complexity index is 439. The number of hydrogen-bond acceptors (Lipinski definition) is 4. The number of carbonyl (C=O) groups is 1. The summed E-state index contributed by atoms with van der Waals surface area (Å²) in [5, 5.41) is 19.7. The third-order valence-corrected chi connectivity index (χ3v) is 2.48. The highest BCUT2D eigenvalue weighted by Crippen LogP contribution is 2.39. The van der Waals surface area contributed by atoms with Gasteiger partial charge < -0.3 is 9.84 Å². The van der Waals surface area contributed by atoms with Gasteiger partial charge in [0.1, 0.15) is 6.10 Å². The molecule has 6 heteroatoms. The van der Waals surface area contributed by atoms with E-state index in [9.17, 15) is 14.9 Å². The van der Waals surface area contributed by atoms with Crippen LogP contribution in [0.1, 0.15) is 22.8 Å². The van der Waals surface area contributed by atoms with Crippen molar-refractivity contribution >= 4 is 11.7 Å². The molecule has 6 nitrogen and oxygen atoms in total. The third kappa shape index (κ3) is 1.48. The number of carboxylic acid groups (broad SMARTS) is 1. The summed E-state index contributed by atoms with van der Waals surface area (Å²) in [5.41, 5.74) is 0.309. The van der Waals surface area contributed by atoms with Gasteiger partial charge in [-0.1, -0.05) is 0 Å². The second-order valence-electron chi connectivity index (χ2n) is 3.63. The first kappa shape index (κ1) is 10.4. The molecule has 1 N–H and O–H groups in total. The minimum absolute atomic E-state index is 0.0740. The number of nitrogens with zero attached hydrogens (tertiary/aromatic N) is 1. The Morgan fingerprint density at radius 2 is 2.31 bits per heavy atom. The van der Waals surface area contributed by atoms with Crippen molar-refractivity contribution in [3.8, 4) is 5.75 Å². The van der Waals surface area contributed by atoms with Crippen molar-refractivity contribution in [2.75, 3.05) is 0 Å². The van der Waals surface area contributed by atoms with E-state index in [1.54, 1.807) is 6.92 Å². The van der Waals surface area contributed by atoms with Crippen LogP contribution in [0.2, 0.25) is 0 Å². The minimum atomic E-state index is -1.09. The lowest BCUT2D eigenvalue weighted by molar-refractivity contribution is -0.385. The fourth-order valence-corrected chi connectivity index (χ4v) is 1.82. The third-order valence-electron chi connectivity index (χ3n) is 2.48. The van der Waals surface area contributed by atoms with Crippen LogP contribution >= 0.6 is 0 Å². The first-order valence-corrected chi connectivity index (χ1v) is 4.71. The molecule has 0 spiro atoms. The summed E-state index contributed by atoms with van der Waals surface area (Å²) in [4.78, 5) is 21.1. The van der Waals surface area contributed by atoms with Crippen LogP contribution < -0.4 is 4.74 Å². The van der Waals surface area contributed by atoms with Crippen LogP contribution in [-0.4, -0.2) is 22.1 Å². The van der Waals surface area contributed by atoms with E-state index in [1.165, 1.54) is 12.1 Å². The molecule has 0 radical (unpaired) electrons. The molecule has 1 aromatic rings. The highest BCUT2D eigenvalue weighted by molar-refractivity contribution is 5.91. The van der Waals surface area contributed by atoms with Crippen LogP contribution in [0.5, 0.6) is 5.75 Å². The summed E-state index contributed by atoms with van der Waals surface area (Å²) < 4.78 is 5.29. The van der Waals surface area contributed by atoms with E-state index >= 15 is 0 Å². The Morgan fingerprint density at radius 3 is 2.88 bits per heavy atom. The highest BCUT2D eigenvalue weighted by atomic mass is 16.6. The summed E-state index contributed by atoms with van der Waals surface area (Å²) in [6, 6.07) is 2.42. The normalized spacial score (nSPS) is 17.7. The summed E-state index contributed by atoms with van der Waals surface area (Å²) in [5.74, 6) is -0.999. The van der Waals surface area contributed by atoms with Crippen LogP contribution in [0.25, 0.3) is 0 Å². The van der Waals surface area contributed by atoms with Gasteiger partial charge in [-0.15, -0.1) is 0 Å². The van der Waals surface area contributed by atoms with E-state index in [2.05, 4.69) is 0 Å². The Hall–Kier alpha value is -2.11. The van der Waals surface area contributed by atoms with Crippen LogP contribution in [-0.2, 0) is 6.42 Å². The molecule has 0 aliphatic carbocycles. The van der Waals surface area contributed by atoms with E-state index in [-0.39, 0.29) is 23.1 Å². The maximum atomic E-state index is 10.9. The van der Waals surface area contributed by atoms with Gasteiger partial charge in [-0.05, 0) is 13.0 Å². The largest absolute Gasteiger partial charge is 0.483 e. The molecule has 0 saturated heterocycles. The zero-order valence-electron chi connectivity index (χ0n) is 8.47. The molecule has 1 atom stereocenters. The zero-order valence-corrected chi connectivity index (χ0v) is 8.47. The fraction of sp³-hybridized carbons (Fsp3) is 0.300. The number of rotatable bonds is 2. The second kappa shape index (κ2) is 3.48. The fourth-order valence-electron chi connectivity index (χ4n) is 1.82. The standard InChI is InChI=1S/C10H9NO5/c1-5-4-7-6(10(12)13)2-3-8(11(14)15)9(7)16-5/h2-3,5H,4H2,1H3,(H,12,13). The smallest absolute Gasteiger partial charge is 0.336 e. The Labute approximate surface area is 90.6 Å². The number of fused-ring (bicyclic) bond motifs is 1. The summed E-state index contributed by atoms with van der Waals surface area (Å²) in [6.07, 6.45) is 0.160. The topological polar surface area (TPSA) is 89.7 Å². The first-order chi connectivity index (χ1) is 7.50. The predicted octanol–water partition coefficient (Wildman–Crippen LogP) is 1.62. The lowest BCUT2D eigenvalue weighted by Crippen LogP contribution is -2.06. The number of ether oxygens (including phenoxy) is 1. The van der Waals surface area contributed by atoms with Gasteiger partial charge in [-0.2, -0.15) is 0 Å². The summed E-state index contributed by atoms with van der Waals surface area (Å²) >= 11 is 0. The van der Waals surface area contributed by atoms with Crippen molar-refractivity contribution in [2.24, 2.45) is 0 Å². The average Bonchev–Trinajstić information content (AvgIpc) is 2.56. The Morgan fingerprint density at radius 1 is 1.62 bits per heavy atom. The Kier molecular flexibility index (Phi) is 2.26. The molecule has 0 fully saturated rings. The SMILES string of the molecule is CC1Cc2c(C(=O)O)ccc([N+](=O)[O-])c2O1. The maximum absolute atomic E-state index is 10.9. The molecule has 0 bridgehead atoms. The highest BCUT2D eigenvalue weighted by Gasteiger charge is 2.32. The van der Waals surface area contributed by atoms with Crippen LogP contribution in [0.4, 0.5) is 5.69 Å². The minimum Gasteiger partial charge on any atom is -0.483 e. The lowest BCUT2D eigenvalue weighted by Gasteiger charge is -2.04. The van der Waals surface area contributed by atoms with Gasteiger partial charge in [0.2, 0.25) is 5.75 Å². The first-order valence-electron chi connectivity index (χ1n) is 4.71. The van der Waals surface area contributed by atoms with E-state index < -0.39 is 10.9 Å². The molecular formula is C10H9NO5. The monoisotopic (exact) mass is 223 g/mol. The molecular weight excluding hydrogens is 214 g/mol.